The molecule has 1 aliphatic rings. The zero-order valence-electron chi connectivity index (χ0n) is 14.8. The van der Waals surface area contributed by atoms with E-state index in [0.717, 1.165) is 37.2 Å². The van der Waals surface area contributed by atoms with E-state index < -0.39 is 5.97 Å². The summed E-state index contributed by atoms with van der Waals surface area (Å²) >= 11 is 0. The van der Waals surface area contributed by atoms with E-state index in [4.69, 9.17) is 5.11 Å². The predicted octanol–water partition coefficient (Wildman–Crippen LogP) is 2.75. The minimum Gasteiger partial charge on any atom is -0.478 e. The summed E-state index contributed by atoms with van der Waals surface area (Å²) in [6.45, 7) is 3.73. The number of pyridine rings is 1. The van der Waals surface area contributed by atoms with Gasteiger partial charge in [0.15, 0.2) is 0 Å². The quantitative estimate of drug-likeness (QED) is 0.834. The van der Waals surface area contributed by atoms with Crippen molar-refractivity contribution in [1.29, 1.82) is 0 Å². The van der Waals surface area contributed by atoms with Crippen molar-refractivity contribution < 1.29 is 14.7 Å². The monoisotopic (exact) mass is 353 g/mol. The second-order valence-electron chi connectivity index (χ2n) is 6.62. The second-order valence-corrected chi connectivity index (χ2v) is 6.62. The van der Waals surface area contributed by atoms with Crippen LogP contribution in [0, 0.1) is 0 Å². The van der Waals surface area contributed by atoms with E-state index in [-0.39, 0.29) is 5.91 Å². The molecule has 136 valence electrons. The molecule has 2 N–H and O–H groups in total. The Bertz CT molecular complexity index is 789. The SMILES string of the molecule is CC(=O)NCc1cc([C@@H]2CCCN2Cc2ccc(C(=O)O)cc2)ccn1. The summed E-state index contributed by atoms with van der Waals surface area (Å²) in [5.41, 5.74) is 3.48. The summed E-state index contributed by atoms with van der Waals surface area (Å²) in [4.78, 5) is 28.8. The summed E-state index contributed by atoms with van der Waals surface area (Å²) < 4.78 is 0. The molecule has 2 heterocycles. The maximum absolute atomic E-state index is 11.1. The molecule has 0 radical (unpaired) electrons. The number of carboxylic acid groups (broad SMARTS) is 1. The molecule has 1 aromatic heterocycles. The number of likely N-dealkylation sites (tertiary alicyclic amines) is 1. The number of carboxylic acids is 1. The van der Waals surface area contributed by atoms with Crippen LogP contribution in [0.2, 0.25) is 0 Å². The van der Waals surface area contributed by atoms with Crippen molar-refractivity contribution in [3.05, 3.63) is 65.0 Å². The lowest BCUT2D eigenvalue weighted by Crippen LogP contribution is -2.23. The Labute approximate surface area is 152 Å². The molecule has 2 aromatic rings. The first kappa shape index (κ1) is 18.1. The topological polar surface area (TPSA) is 82.5 Å². The first-order chi connectivity index (χ1) is 12.5. The van der Waals surface area contributed by atoms with Gasteiger partial charge in [-0.25, -0.2) is 4.79 Å². The van der Waals surface area contributed by atoms with Crippen molar-refractivity contribution in [3.8, 4) is 0 Å². The molecule has 3 rings (SSSR count). The molecular weight excluding hydrogens is 330 g/mol. The molecule has 0 spiro atoms. The Hall–Kier alpha value is -2.73. The highest BCUT2D eigenvalue weighted by Gasteiger charge is 2.26. The standard InChI is InChI=1S/C20H23N3O3/c1-14(24)22-12-18-11-17(8-9-21-18)19-3-2-10-23(19)13-15-4-6-16(7-5-15)20(25)26/h4-9,11,19H,2-3,10,12-13H2,1H3,(H,22,24)(H,25,26)/t19-/m0/s1. The van der Waals surface area contributed by atoms with Crippen LogP contribution in [0.15, 0.2) is 42.6 Å². The third-order valence-corrected chi connectivity index (χ3v) is 4.69. The molecule has 0 bridgehead atoms. The van der Waals surface area contributed by atoms with E-state index in [1.54, 1.807) is 18.3 Å². The number of aromatic nitrogens is 1. The zero-order chi connectivity index (χ0) is 18.5. The van der Waals surface area contributed by atoms with Crippen LogP contribution in [0.4, 0.5) is 0 Å². The maximum atomic E-state index is 11.1. The van der Waals surface area contributed by atoms with Crippen LogP contribution >= 0.6 is 0 Å². The molecule has 1 fully saturated rings. The van der Waals surface area contributed by atoms with Gasteiger partial charge in [-0.1, -0.05) is 12.1 Å². The largest absolute Gasteiger partial charge is 0.478 e. The Morgan fingerprint density at radius 1 is 1.27 bits per heavy atom. The first-order valence-electron chi connectivity index (χ1n) is 8.78. The van der Waals surface area contributed by atoms with Crippen LogP contribution in [-0.2, 0) is 17.9 Å². The fraction of sp³-hybridized carbons (Fsp3) is 0.350. The molecule has 6 heteroatoms. The summed E-state index contributed by atoms with van der Waals surface area (Å²) in [5, 5.41) is 11.8. The van der Waals surface area contributed by atoms with E-state index >= 15 is 0 Å². The van der Waals surface area contributed by atoms with Crippen LogP contribution in [0.3, 0.4) is 0 Å². The Morgan fingerprint density at radius 2 is 2.04 bits per heavy atom. The highest BCUT2D eigenvalue weighted by molar-refractivity contribution is 5.87. The number of carbonyl (C=O) groups excluding carboxylic acids is 1. The smallest absolute Gasteiger partial charge is 0.335 e. The molecule has 0 aliphatic carbocycles. The van der Waals surface area contributed by atoms with Gasteiger partial charge in [-0.15, -0.1) is 0 Å². The predicted molar refractivity (Wildman–Crippen MR) is 97.5 cm³/mol. The van der Waals surface area contributed by atoms with Crippen LogP contribution < -0.4 is 5.32 Å². The number of benzene rings is 1. The van der Waals surface area contributed by atoms with Crippen molar-refractivity contribution in [2.24, 2.45) is 0 Å². The highest BCUT2D eigenvalue weighted by Crippen LogP contribution is 2.33. The molecule has 6 nitrogen and oxygen atoms in total. The molecule has 1 aromatic carbocycles. The summed E-state index contributed by atoms with van der Waals surface area (Å²) in [7, 11) is 0. The number of nitrogens with zero attached hydrogens (tertiary/aromatic N) is 2. The molecule has 26 heavy (non-hydrogen) atoms. The fourth-order valence-corrected chi connectivity index (χ4v) is 3.40. The molecule has 1 atom stereocenters. The van der Waals surface area contributed by atoms with Crippen molar-refractivity contribution in [3.63, 3.8) is 0 Å². The van der Waals surface area contributed by atoms with Gasteiger partial charge in [-0.05, 0) is 54.8 Å². The number of carbonyl (C=O) groups is 2. The van der Waals surface area contributed by atoms with Gasteiger partial charge < -0.3 is 10.4 Å². The van der Waals surface area contributed by atoms with Gasteiger partial charge >= 0.3 is 5.97 Å². The molecule has 0 saturated carbocycles. The van der Waals surface area contributed by atoms with E-state index in [1.807, 2.05) is 18.2 Å². The molecule has 1 amide bonds. The molecule has 1 aliphatic heterocycles. The van der Waals surface area contributed by atoms with Crippen LogP contribution in [0.5, 0.6) is 0 Å². The number of aromatic carboxylic acids is 1. The van der Waals surface area contributed by atoms with Crippen molar-refractivity contribution in [2.45, 2.75) is 38.9 Å². The lowest BCUT2D eigenvalue weighted by atomic mass is 10.0. The van der Waals surface area contributed by atoms with Gasteiger partial charge in [0.05, 0.1) is 17.8 Å². The summed E-state index contributed by atoms with van der Waals surface area (Å²) in [6, 6.07) is 11.5. The highest BCUT2D eigenvalue weighted by atomic mass is 16.4. The average Bonchev–Trinajstić information content (AvgIpc) is 3.09. The minimum absolute atomic E-state index is 0.0653. The number of nitrogens with one attached hydrogen (secondary N) is 1. The van der Waals surface area contributed by atoms with Crippen molar-refractivity contribution >= 4 is 11.9 Å². The van der Waals surface area contributed by atoms with Crippen molar-refractivity contribution in [2.75, 3.05) is 6.54 Å². The Balaban J connectivity index is 1.70. The van der Waals surface area contributed by atoms with Gasteiger partial charge in [0.1, 0.15) is 0 Å². The number of amides is 1. The van der Waals surface area contributed by atoms with E-state index in [0.29, 0.717) is 18.2 Å². The molecule has 0 unspecified atom stereocenters. The van der Waals surface area contributed by atoms with Gasteiger partial charge in [0.2, 0.25) is 5.91 Å². The normalized spacial score (nSPS) is 17.2. The number of rotatable bonds is 6. The number of hydrogen-bond acceptors (Lipinski definition) is 4. The van der Waals surface area contributed by atoms with Crippen LogP contribution in [0.25, 0.3) is 0 Å². The average molecular weight is 353 g/mol. The Morgan fingerprint density at radius 3 is 2.73 bits per heavy atom. The fourth-order valence-electron chi connectivity index (χ4n) is 3.40. The van der Waals surface area contributed by atoms with Gasteiger partial charge in [0, 0.05) is 25.7 Å². The maximum Gasteiger partial charge on any atom is 0.335 e. The third kappa shape index (κ3) is 4.46. The van der Waals surface area contributed by atoms with E-state index in [9.17, 15) is 9.59 Å². The van der Waals surface area contributed by atoms with Gasteiger partial charge in [-0.2, -0.15) is 0 Å². The summed E-state index contributed by atoms with van der Waals surface area (Å²) in [5.74, 6) is -0.969. The lowest BCUT2D eigenvalue weighted by molar-refractivity contribution is -0.119. The minimum atomic E-state index is -0.904. The van der Waals surface area contributed by atoms with Gasteiger partial charge in [0.25, 0.3) is 0 Å². The third-order valence-electron chi connectivity index (χ3n) is 4.69. The molecular formula is C20H23N3O3. The molecule has 1 saturated heterocycles. The van der Waals surface area contributed by atoms with E-state index in [1.165, 1.54) is 12.5 Å². The second kappa shape index (κ2) is 8.10. The Kier molecular flexibility index (Phi) is 5.63. The van der Waals surface area contributed by atoms with E-state index in [2.05, 4.69) is 21.3 Å². The van der Waals surface area contributed by atoms with Crippen molar-refractivity contribution in [1.82, 2.24) is 15.2 Å². The first-order valence-corrected chi connectivity index (χ1v) is 8.78. The van der Waals surface area contributed by atoms with Crippen LogP contribution in [-0.4, -0.2) is 33.4 Å². The lowest BCUT2D eigenvalue weighted by Gasteiger charge is -2.25. The van der Waals surface area contributed by atoms with Crippen LogP contribution in [0.1, 0.15) is 53.0 Å². The number of hydrogen-bond donors (Lipinski definition) is 2. The zero-order valence-corrected chi connectivity index (χ0v) is 14.8. The van der Waals surface area contributed by atoms with Gasteiger partial charge in [-0.3, -0.25) is 14.7 Å². The summed E-state index contributed by atoms with van der Waals surface area (Å²) in [6.07, 6.45) is 4.00.